The molecule has 0 saturated carbocycles. The lowest BCUT2D eigenvalue weighted by molar-refractivity contribution is 0.102. The summed E-state index contributed by atoms with van der Waals surface area (Å²) in [4.78, 5) is 16.9. The highest BCUT2D eigenvalue weighted by Gasteiger charge is 2.08. The number of amides is 1. The molecule has 0 aliphatic heterocycles. The van der Waals surface area contributed by atoms with Crippen LogP contribution in [0.25, 0.3) is 22.0 Å². The van der Waals surface area contributed by atoms with Gasteiger partial charge in [0.25, 0.3) is 5.91 Å². The van der Waals surface area contributed by atoms with Gasteiger partial charge in [-0.05, 0) is 41.5 Å². The first kappa shape index (κ1) is 16.8. The van der Waals surface area contributed by atoms with Gasteiger partial charge in [0.15, 0.2) is 0 Å². The molecule has 0 saturated heterocycles. The third-order valence-electron chi connectivity index (χ3n) is 4.40. The maximum atomic E-state index is 12.5. The molecule has 0 aliphatic rings. The number of rotatable bonds is 4. The highest BCUT2D eigenvalue weighted by atomic mass is 16.5. The van der Waals surface area contributed by atoms with Crippen LogP contribution in [0.1, 0.15) is 10.4 Å². The molecular weight excluding hydrogens is 336 g/mol. The second-order valence-corrected chi connectivity index (χ2v) is 6.18. The highest BCUT2D eigenvalue weighted by Crippen LogP contribution is 2.23. The number of benzene rings is 3. The van der Waals surface area contributed by atoms with Crippen molar-refractivity contribution in [1.29, 1.82) is 0 Å². The molecule has 1 aromatic heterocycles. The van der Waals surface area contributed by atoms with Crippen LogP contribution in [0, 0.1) is 0 Å². The Morgan fingerprint density at radius 3 is 2.37 bits per heavy atom. The molecule has 3 aromatic carbocycles. The van der Waals surface area contributed by atoms with Crippen molar-refractivity contribution in [3.05, 3.63) is 90.6 Å². The summed E-state index contributed by atoms with van der Waals surface area (Å²) in [6.07, 6.45) is 1.65. The number of hydrogen-bond donors (Lipinski definition) is 1. The summed E-state index contributed by atoms with van der Waals surface area (Å²) >= 11 is 0. The summed E-state index contributed by atoms with van der Waals surface area (Å²) in [5, 5.41) is 3.84. The summed E-state index contributed by atoms with van der Waals surface area (Å²) in [6.45, 7) is 0. The first-order valence-corrected chi connectivity index (χ1v) is 8.63. The summed E-state index contributed by atoms with van der Waals surface area (Å²) in [5.74, 6) is 0.592. The lowest BCUT2D eigenvalue weighted by atomic mass is 10.0. The fraction of sp³-hybridized carbons (Fsp3) is 0.0435. The third kappa shape index (κ3) is 3.65. The Morgan fingerprint density at radius 2 is 1.63 bits per heavy atom. The Balaban J connectivity index is 1.52. The lowest BCUT2D eigenvalue weighted by Gasteiger charge is -2.08. The van der Waals surface area contributed by atoms with Crippen LogP contribution in [0.5, 0.6) is 5.75 Å². The van der Waals surface area contributed by atoms with E-state index in [0.29, 0.717) is 11.3 Å². The normalized spacial score (nSPS) is 10.6. The number of hydrogen-bond acceptors (Lipinski definition) is 3. The van der Waals surface area contributed by atoms with Crippen molar-refractivity contribution >= 4 is 22.5 Å². The second-order valence-electron chi connectivity index (χ2n) is 6.18. The monoisotopic (exact) mass is 354 g/mol. The van der Waals surface area contributed by atoms with Gasteiger partial charge in [-0.2, -0.15) is 0 Å². The van der Waals surface area contributed by atoms with Crippen molar-refractivity contribution in [2.24, 2.45) is 0 Å². The van der Waals surface area contributed by atoms with E-state index in [1.54, 1.807) is 13.3 Å². The van der Waals surface area contributed by atoms with E-state index in [0.717, 1.165) is 27.8 Å². The van der Waals surface area contributed by atoms with Crippen LogP contribution < -0.4 is 10.1 Å². The van der Waals surface area contributed by atoms with E-state index < -0.39 is 0 Å². The number of aromatic nitrogens is 1. The van der Waals surface area contributed by atoms with Crippen LogP contribution in [-0.2, 0) is 0 Å². The van der Waals surface area contributed by atoms with Crippen molar-refractivity contribution in [1.82, 2.24) is 4.98 Å². The van der Waals surface area contributed by atoms with Gasteiger partial charge in [0, 0.05) is 17.0 Å². The van der Waals surface area contributed by atoms with E-state index >= 15 is 0 Å². The predicted octanol–water partition coefficient (Wildman–Crippen LogP) is 5.16. The predicted molar refractivity (Wildman–Crippen MR) is 108 cm³/mol. The van der Waals surface area contributed by atoms with Gasteiger partial charge >= 0.3 is 0 Å². The first-order chi connectivity index (χ1) is 13.2. The first-order valence-electron chi connectivity index (χ1n) is 8.63. The molecule has 0 aliphatic carbocycles. The third-order valence-corrected chi connectivity index (χ3v) is 4.40. The maximum absolute atomic E-state index is 12.5. The van der Waals surface area contributed by atoms with Crippen molar-refractivity contribution in [3.63, 3.8) is 0 Å². The van der Waals surface area contributed by atoms with Gasteiger partial charge in [-0.15, -0.1) is 0 Å². The van der Waals surface area contributed by atoms with Gasteiger partial charge in [0.2, 0.25) is 0 Å². The Morgan fingerprint density at radius 1 is 0.889 bits per heavy atom. The number of nitrogens with zero attached hydrogens (tertiary/aromatic N) is 1. The Kier molecular flexibility index (Phi) is 4.54. The molecule has 4 nitrogen and oxygen atoms in total. The molecule has 1 amide bonds. The molecule has 4 aromatic rings. The molecular formula is C23H18N2O2. The molecule has 1 heterocycles. The molecule has 4 rings (SSSR count). The maximum Gasteiger partial charge on any atom is 0.255 e. The van der Waals surface area contributed by atoms with Crippen LogP contribution in [0.3, 0.4) is 0 Å². The minimum atomic E-state index is -0.163. The number of pyridine rings is 1. The zero-order valence-corrected chi connectivity index (χ0v) is 14.8. The standard InChI is InChI=1S/C23H18N2O2/c1-27-21-12-11-19-13-20(15-24-22(19)14-21)25-23(26)18-9-7-17(8-10-18)16-5-3-2-4-6-16/h2-15H,1H3,(H,25,26). The Labute approximate surface area is 157 Å². The molecule has 0 spiro atoms. The quantitative estimate of drug-likeness (QED) is 0.550. The molecule has 132 valence electrons. The number of anilines is 1. The smallest absolute Gasteiger partial charge is 0.255 e. The second kappa shape index (κ2) is 7.30. The van der Waals surface area contributed by atoms with Gasteiger partial charge in [-0.1, -0.05) is 42.5 Å². The van der Waals surface area contributed by atoms with E-state index in [1.165, 1.54) is 0 Å². The molecule has 0 bridgehead atoms. The highest BCUT2D eigenvalue weighted by molar-refractivity contribution is 6.05. The number of ether oxygens (including phenoxy) is 1. The van der Waals surface area contributed by atoms with E-state index in [4.69, 9.17) is 4.74 Å². The van der Waals surface area contributed by atoms with Gasteiger partial charge < -0.3 is 10.1 Å². The Bertz CT molecular complexity index is 1090. The minimum Gasteiger partial charge on any atom is -0.497 e. The average Bonchev–Trinajstić information content (AvgIpc) is 2.74. The average molecular weight is 354 g/mol. The lowest BCUT2D eigenvalue weighted by Crippen LogP contribution is -2.11. The number of carbonyl (C=O) groups excluding carboxylic acids is 1. The molecule has 0 unspecified atom stereocenters. The number of methoxy groups -OCH3 is 1. The van der Waals surface area contributed by atoms with Crippen molar-refractivity contribution in [2.45, 2.75) is 0 Å². The van der Waals surface area contributed by atoms with Crippen LogP contribution >= 0.6 is 0 Å². The minimum absolute atomic E-state index is 0.163. The van der Waals surface area contributed by atoms with Crippen LogP contribution in [0.15, 0.2) is 85.1 Å². The fourth-order valence-electron chi connectivity index (χ4n) is 2.94. The molecule has 0 fully saturated rings. The number of fused-ring (bicyclic) bond motifs is 1. The molecule has 4 heteroatoms. The summed E-state index contributed by atoms with van der Waals surface area (Å²) in [6, 6.07) is 25.2. The summed E-state index contributed by atoms with van der Waals surface area (Å²) in [7, 11) is 1.62. The summed E-state index contributed by atoms with van der Waals surface area (Å²) < 4.78 is 5.21. The van der Waals surface area contributed by atoms with Crippen LogP contribution in [-0.4, -0.2) is 18.0 Å². The summed E-state index contributed by atoms with van der Waals surface area (Å²) in [5.41, 5.74) is 4.28. The van der Waals surface area contributed by atoms with E-state index in [9.17, 15) is 4.79 Å². The molecule has 27 heavy (non-hydrogen) atoms. The molecule has 0 atom stereocenters. The van der Waals surface area contributed by atoms with Gasteiger partial charge in [0.1, 0.15) is 5.75 Å². The van der Waals surface area contributed by atoms with Crippen molar-refractivity contribution < 1.29 is 9.53 Å². The number of carbonyl (C=O) groups is 1. The van der Waals surface area contributed by atoms with Gasteiger partial charge in [0.05, 0.1) is 24.5 Å². The zero-order chi connectivity index (χ0) is 18.6. The van der Waals surface area contributed by atoms with Gasteiger partial charge in [-0.3, -0.25) is 9.78 Å². The van der Waals surface area contributed by atoms with E-state index in [2.05, 4.69) is 10.3 Å². The van der Waals surface area contributed by atoms with Gasteiger partial charge in [-0.25, -0.2) is 0 Å². The van der Waals surface area contributed by atoms with Crippen molar-refractivity contribution in [3.8, 4) is 16.9 Å². The topological polar surface area (TPSA) is 51.2 Å². The fourth-order valence-corrected chi connectivity index (χ4v) is 2.94. The SMILES string of the molecule is COc1ccc2cc(NC(=O)c3ccc(-c4ccccc4)cc3)cnc2c1. The van der Waals surface area contributed by atoms with E-state index in [1.807, 2.05) is 78.9 Å². The molecule has 1 N–H and O–H groups in total. The Hall–Kier alpha value is -3.66. The van der Waals surface area contributed by atoms with Crippen LogP contribution in [0.4, 0.5) is 5.69 Å². The van der Waals surface area contributed by atoms with E-state index in [-0.39, 0.29) is 5.91 Å². The number of nitrogens with one attached hydrogen (secondary N) is 1. The zero-order valence-electron chi connectivity index (χ0n) is 14.8. The molecule has 0 radical (unpaired) electrons. The van der Waals surface area contributed by atoms with Crippen LogP contribution in [0.2, 0.25) is 0 Å². The largest absolute Gasteiger partial charge is 0.497 e. The van der Waals surface area contributed by atoms with Crippen molar-refractivity contribution in [2.75, 3.05) is 12.4 Å².